The molecule has 0 spiro atoms. The van der Waals surface area contributed by atoms with Crippen molar-refractivity contribution >= 4 is 39.8 Å². The molecule has 6 atom stereocenters. The largest absolute Gasteiger partial charge is 0.507 e. The van der Waals surface area contributed by atoms with E-state index in [1.165, 1.54) is 4.90 Å². The maximum atomic E-state index is 14.0. The summed E-state index contributed by atoms with van der Waals surface area (Å²) in [4.78, 5) is 70.3. The van der Waals surface area contributed by atoms with Crippen molar-refractivity contribution in [2.24, 2.45) is 29.4 Å². The smallest absolute Gasteiger partial charge is 0.235 e. The van der Waals surface area contributed by atoms with E-state index in [0.29, 0.717) is 17.5 Å². The molecule has 4 N–H and O–H groups in total. The Labute approximate surface area is 236 Å². The van der Waals surface area contributed by atoms with Crippen molar-refractivity contribution in [2.45, 2.75) is 37.1 Å². The molecular formula is C30H33N3O8. The molecular weight excluding hydrogens is 530 g/mol. The summed E-state index contributed by atoms with van der Waals surface area (Å²) < 4.78 is 5.33. The molecule has 3 fully saturated rings. The van der Waals surface area contributed by atoms with Gasteiger partial charge in [0, 0.05) is 38.0 Å². The zero-order chi connectivity index (χ0) is 29.5. The first-order valence-electron chi connectivity index (χ1n) is 13.8. The third-order valence-electron chi connectivity index (χ3n) is 9.59. The van der Waals surface area contributed by atoms with Crippen LogP contribution in [0.5, 0.6) is 5.75 Å². The first-order chi connectivity index (χ1) is 19.4. The highest BCUT2D eigenvalue weighted by atomic mass is 16.5. The second kappa shape index (κ2) is 9.52. The summed E-state index contributed by atoms with van der Waals surface area (Å²) in [7, 11) is 4.80. The molecule has 1 heterocycles. The predicted molar refractivity (Wildman–Crippen MR) is 145 cm³/mol. The fourth-order valence-electron chi connectivity index (χ4n) is 7.58. The number of benzene rings is 2. The minimum Gasteiger partial charge on any atom is -0.507 e. The number of phenolic OH excluding ortho intramolecular Hbond substituents is 1. The molecule has 0 aromatic heterocycles. The SMILES string of the molecule is COC1CN(Cc2ccc3cc4c(c(O)c3c2)C(=O)C2C(=O)[C@]3(O)C(=O)C(C(N)=O)C(=O)[C@@H](N(C)C)[C@@H]3C[C@@H]2C4)C1. The molecule has 3 aliphatic carbocycles. The van der Waals surface area contributed by atoms with Gasteiger partial charge in [0.25, 0.3) is 0 Å². The molecule has 0 bridgehead atoms. The Hall–Kier alpha value is -3.51. The number of aliphatic hydroxyl groups is 1. The van der Waals surface area contributed by atoms with Crippen molar-refractivity contribution in [3.05, 3.63) is 41.0 Å². The van der Waals surface area contributed by atoms with Gasteiger partial charge in [0.2, 0.25) is 5.91 Å². The van der Waals surface area contributed by atoms with E-state index in [9.17, 15) is 34.2 Å². The number of ketones is 4. The van der Waals surface area contributed by atoms with Crippen molar-refractivity contribution < 1.29 is 38.9 Å². The van der Waals surface area contributed by atoms with Gasteiger partial charge in [-0.1, -0.05) is 18.2 Å². The first kappa shape index (κ1) is 27.6. The first-order valence-corrected chi connectivity index (χ1v) is 13.8. The summed E-state index contributed by atoms with van der Waals surface area (Å²) in [6.45, 7) is 2.24. The minimum absolute atomic E-state index is 0.00430. The number of rotatable bonds is 5. The van der Waals surface area contributed by atoms with Crippen LogP contribution in [0, 0.1) is 23.7 Å². The van der Waals surface area contributed by atoms with E-state index in [-0.39, 0.29) is 30.3 Å². The number of phenols is 1. The number of Topliss-reactive ketones (excluding diaryl/α,β-unsaturated/α-hetero) is 4. The summed E-state index contributed by atoms with van der Waals surface area (Å²) in [5.41, 5.74) is 4.16. The van der Waals surface area contributed by atoms with Crippen LogP contribution in [0.2, 0.25) is 0 Å². The lowest BCUT2D eigenvalue weighted by Gasteiger charge is -2.52. The number of likely N-dealkylation sites (tertiary alicyclic amines) is 1. The number of hydrogen-bond acceptors (Lipinski definition) is 10. The van der Waals surface area contributed by atoms with Gasteiger partial charge >= 0.3 is 0 Å². The Bertz CT molecular complexity index is 1530. The van der Waals surface area contributed by atoms with Crippen LogP contribution >= 0.6 is 0 Å². The standard InChI is InChI=1S/C30H33N3O8/c1-32(2)23-19-9-16-8-15-7-14-5-4-13(10-33-11-17(12-33)41-3)6-18(14)24(34)20(15)25(35)21(16)27(37)30(19,40)28(38)22(26(23)36)29(31)39/h4-7,16-17,19,21-23,34,40H,8-12H2,1-3H3,(H2,31,39)/t16-,19-,21?,22?,23-,30-/m0/s1. The van der Waals surface area contributed by atoms with Crippen LogP contribution in [0.4, 0.5) is 0 Å². The molecule has 11 nitrogen and oxygen atoms in total. The van der Waals surface area contributed by atoms with Crippen LogP contribution in [0.1, 0.15) is 27.9 Å². The average molecular weight is 564 g/mol. The Morgan fingerprint density at radius 1 is 1.15 bits per heavy atom. The number of nitrogens with zero attached hydrogens (tertiary/aromatic N) is 2. The zero-order valence-electron chi connectivity index (χ0n) is 23.1. The Kier molecular flexibility index (Phi) is 6.42. The van der Waals surface area contributed by atoms with Crippen LogP contribution < -0.4 is 5.73 Å². The molecule has 11 heteroatoms. The van der Waals surface area contributed by atoms with Gasteiger partial charge in [-0.2, -0.15) is 0 Å². The van der Waals surface area contributed by atoms with Gasteiger partial charge in [0.15, 0.2) is 34.7 Å². The van der Waals surface area contributed by atoms with Gasteiger partial charge in [0.1, 0.15) is 5.75 Å². The highest BCUT2D eigenvalue weighted by Gasteiger charge is 2.69. The van der Waals surface area contributed by atoms with Crippen molar-refractivity contribution in [1.29, 1.82) is 0 Å². The summed E-state index contributed by atoms with van der Waals surface area (Å²) in [6.07, 6.45) is 0.466. The molecule has 2 unspecified atom stereocenters. The van der Waals surface area contributed by atoms with Crippen LogP contribution in [0.25, 0.3) is 10.8 Å². The van der Waals surface area contributed by atoms with Gasteiger partial charge in [-0.05, 0) is 55.4 Å². The van der Waals surface area contributed by atoms with Crippen molar-refractivity contribution in [1.82, 2.24) is 9.80 Å². The lowest BCUT2D eigenvalue weighted by molar-refractivity contribution is -0.181. The molecule has 4 aliphatic rings. The van der Waals surface area contributed by atoms with E-state index in [2.05, 4.69) is 4.90 Å². The molecule has 0 radical (unpaired) electrons. The van der Waals surface area contributed by atoms with Crippen molar-refractivity contribution in [2.75, 3.05) is 34.3 Å². The molecule has 1 saturated heterocycles. The lowest BCUT2D eigenvalue weighted by Crippen LogP contribution is -2.74. The van der Waals surface area contributed by atoms with Crippen LogP contribution in [0.15, 0.2) is 24.3 Å². The number of amides is 1. The maximum Gasteiger partial charge on any atom is 0.235 e. The Morgan fingerprint density at radius 2 is 1.85 bits per heavy atom. The number of fused-ring (bicyclic) bond motifs is 4. The second-order valence-corrected chi connectivity index (χ2v) is 12.2. The number of hydrogen-bond donors (Lipinski definition) is 3. The summed E-state index contributed by atoms with van der Waals surface area (Å²) in [5, 5.41) is 24.3. The highest BCUT2D eigenvalue weighted by molar-refractivity contribution is 6.32. The monoisotopic (exact) mass is 563 g/mol. The summed E-state index contributed by atoms with van der Waals surface area (Å²) in [6, 6.07) is 6.41. The van der Waals surface area contributed by atoms with Crippen LogP contribution in [-0.2, 0) is 36.9 Å². The maximum absolute atomic E-state index is 14.0. The molecule has 1 aliphatic heterocycles. The Morgan fingerprint density at radius 3 is 2.49 bits per heavy atom. The Balaban J connectivity index is 1.39. The van der Waals surface area contributed by atoms with Gasteiger partial charge in [-0.25, -0.2) is 0 Å². The molecule has 6 rings (SSSR count). The molecule has 1 amide bonds. The fourth-order valence-corrected chi connectivity index (χ4v) is 7.58. The molecule has 41 heavy (non-hydrogen) atoms. The van der Waals surface area contributed by atoms with Crippen molar-refractivity contribution in [3.8, 4) is 5.75 Å². The number of primary amides is 1. The highest BCUT2D eigenvalue weighted by Crippen LogP contribution is 2.51. The topological polar surface area (TPSA) is 168 Å². The summed E-state index contributed by atoms with van der Waals surface area (Å²) in [5.74, 6) is -10.4. The molecule has 2 saturated carbocycles. The average Bonchev–Trinajstić information content (AvgIpc) is 2.88. The van der Waals surface area contributed by atoms with E-state index >= 15 is 0 Å². The quantitative estimate of drug-likeness (QED) is 0.416. The second-order valence-electron chi connectivity index (χ2n) is 12.2. The van der Waals surface area contributed by atoms with Gasteiger partial charge in [-0.15, -0.1) is 0 Å². The number of carbonyl (C=O) groups excluding carboxylic acids is 5. The van der Waals surface area contributed by atoms with Gasteiger partial charge < -0.3 is 20.7 Å². The number of nitrogens with two attached hydrogens (primary N) is 1. The number of methoxy groups -OCH3 is 1. The number of carbonyl (C=O) groups is 5. The van der Waals surface area contributed by atoms with E-state index in [1.807, 2.05) is 24.3 Å². The van der Waals surface area contributed by atoms with E-state index in [4.69, 9.17) is 10.5 Å². The summed E-state index contributed by atoms with van der Waals surface area (Å²) >= 11 is 0. The van der Waals surface area contributed by atoms with E-state index in [1.54, 1.807) is 21.2 Å². The molecule has 2 aromatic rings. The zero-order valence-corrected chi connectivity index (χ0v) is 23.1. The van der Waals surface area contributed by atoms with Crippen molar-refractivity contribution in [3.63, 3.8) is 0 Å². The van der Waals surface area contributed by atoms with E-state index < -0.39 is 64.4 Å². The third kappa shape index (κ3) is 3.90. The molecule has 216 valence electrons. The fraction of sp³-hybridized carbons (Fsp3) is 0.500. The predicted octanol–water partition coefficient (Wildman–Crippen LogP) is -0.149. The van der Waals surface area contributed by atoms with Crippen LogP contribution in [0.3, 0.4) is 0 Å². The molecule has 2 aromatic carbocycles. The minimum atomic E-state index is -2.73. The number of likely N-dealkylation sites (N-methyl/N-ethyl adjacent to an activating group) is 1. The van der Waals surface area contributed by atoms with Gasteiger partial charge in [0.05, 0.1) is 23.6 Å². The van der Waals surface area contributed by atoms with Gasteiger partial charge in [-0.3, -0.25) is 33.8 Å². The number of ether oxygens (including phenoxy) is 1. The number of aromatic hydroxyl groups is 1. The van der Waals surface area contributed by atoms with Crippen LogP contribution in [-0.4, -0.2) is 101 Å². The lowest BCUT2D eigenvalue weighted by atomic mass is 9.52. The third-order valence-corrected chi connectivity index (χ3v) is 9.59. The van der Waals surface area contributed by atoms with E-state index in [0.717, 1.165) is 24.0 Å². The normalized spacial score (nSPS) is 32.1.